The van der Waals surface area contributed by atoms with E-state index in [-0.39, 0.29) is 35.1 Å². The molecular formula is C49H50F3N7O8S2. The third-order valence-electron chi connectivity index (χ3n) is 12.7. The molecule has 6 aromatic rings. The Hall–Kier alpha value is -6.32. The molecule has 1 atom stereocenters. The lowest BCUT2D eigenvalue weighted by atomic mass is 9.73. The van der Waals surface area contributed by atoms with E-state index >= 15 is 0 Å². The number of nitro benzene ring substituents is 1. The Balaban J connectivity index is 0.916. The molecule has 15 nitrogen and oxygen atoms in total. The van der Waals surface area contributed by atoms with Crippen LogP contribution in [0.5, 0.6) is 11.5 Å². The van der Waals surface area contributed by atoms with Crippen molar-refractivity contribution in [1.82, 2.24) is 19.6 Å². The van der Waals surface area contributed by atoms with E-state index in [1.807, 2.05) is 11.4 Å². The summed E-state index contributed by atoms with van der Waals surface area (Å²) < 4.78 is 86.5. The highest BCUT2D eigenvalue weighted by Gasteiger charge is 2.33. The molecule has 9 rings (SSSR count). The predicted molar refractivity (Wildman–Crippen MR) is 257 cm³/mol. The number of halogens is 3. The van der Waals surface area contributed by atoms with Crippen molar-refractivity contribution in [2.24, 2.45) is 5.41 Å². The van der Waals surface area contributed by atoms with Gasteiger partial charge in [0.2, 0.25) is 0 Å². The van der Waals surface area contributed by atoms with E-state index in [0.717, 1.165) is 84.2 Å². The number of sulfonamides is 1. The van der Waals surface area contributed by atoms with Gasteiger partial charge in [-0.3, -0.25) is 19.8 Å². The average molecular weight is 986 g/mol. The molecule has 20 heteroatoms. The molecule has 1 amide bonds. The second-order valence-corrected chi connectivity index (χ2v) is 20.7. The Morgan fingerprint density at radius 3 is 2.55 bits per heavy atom. The van der Waals surface area contributed by atoms with Gasteiger partial charge in [-0.15, -0.1) is 11.3 Å². The summed E-state index contributed by atoms with van der Waals surface area (Å²) in [6, 6.07) is 19.2. The van der Waals surface area contributed by atoms with Gasteiger partial charge in [-0.05, 0) is 101 Å². The number of benzene rings is 3. The van der Waals surface area contributed by atoms with Crippen LogP contribution >= 0.6 is 11.3 Å². The zero-order valence-electron chi connectivity index (χ0n) is 37.8. The summed E-state index contributed by atoms with van der Waals surface area (Å²) in [4.78, 5) is 38.0. The second kappa shape index (κ2) is 19.6. The topological polar surface area (TPSA) is 181 Å². The first-order chi connectivity index (χ1) is 33.0. The highest BCUT2D eigenvalue weighted by atomic mass is 32.2. The van der Waals surface area contributed by atoms with Crippen LogP contribution in [0.4, 0.5) is 30.2 Å². The van der Waals surface area contributed by atoms with Gasteiger partial charge < -0.3 is 29.4 Å². The number of piperazine rings is 1. The minimum absolute atomic E-state index is 0.0741. The Bertz CT molecular complexity index is 3010. The molecule has 69 heavy (non-hydrogen) atoms. The number of H-pyrrole nitrogens is 1. The highest BCUT2D eigenvalue weighted by Crippen LogP contribution is 2.46. The van der Waals surface area contributed by atoms with Crippen molar-refractivity contribution in [3.05, 3.63) is 128 Å². The van der Waals surface area contributed by atoms with Crippen LogP contribution in [-0.2, 0) is 25.7 Å². The number of aromatic amines is 1. The third-order valence-corrected chi connectivity index (χ3v) is 15.0. The number of fused-ring (bicyclic) bond motifs is 1. The molecule has 2 aliphatic heterocycles. The van der Waals surface area contributed by atoms with Gasteiger partial charge >= 0.3 is 6.18 Å². The maximum atomic E-state index is 14.0. The fourth-order valence-corrected chi connectivity index (χ4v) is 10.9. The van der Waals surface area contributed by atoms with Crippen molar-refractivity contribution in [3.8, 4) is 22.6 Å². The number of thiophene rings is 1. The molecule has 3 aromatic heterocycles. The molecule has 362 valence electrons. The summed E-state index contributed by atoms with van der Waals surface area (Å²) in [7, 11) is -4.62. The summed E-state index contributed by atoms with van der Waals surface area (Å²) in [5.41, 5.74) is 4.57. The number of nitrogens with one attached hydrogen (secondary N) is 3. The van der Waals surface area contributed by atoms with E-state index in [1.165, 1.54) is 47.7 Å². The Morgan fingerprint density at radius 2 is 1.81 bits per heavy atom. The first-order valence-corrected chi connectivity index (χ1v) is 24.8. The number of allylic oxidation sites excluding steroid dienone is 1. The molecule has 0 spiro atoms. The molecule has 2 fully saturated rings. The standard InChI is InChI=1S/C49H50F3N7O8S2/c1-48(2)13-11-33(41(25-48)45-22-34(30-68-45)31-3-5-35(6-4-31)49(50,51)52)28-57-15-17-58(18-16-57)36-7-9-40(44(23-36)67-37-21-32-12-14-53-46(32)55-26-37)47(60)56-69(63,64)39-8-10-42(43(24-39)59(61)62)54-27-38-29-65-19-20-66-38/h3-10,12,14,21-24,26,30,38,54H,11,13,15-20,25,27-29H2,1-2H3,(H,53,55)(H,56,60). The number of pyridine rings is 1. The molecule has 1 unspecified atom stereocenters. The fourth-order valence-electron chi connectivity index (χ4n) is 8.88. The van der Waals surface area contributed by atoms with Gasteiger partial charge in [0.25, 0.3) is 21.6 Å². The van der Waals surface area contributed by atoms with Crippen LogP contribution in [0.2, 0.25) is 0 Å². The molecule has 5 heterocycles. The van der Waals surface area contributed by atoms with E-state index in [9.17, 15) is 36.5 Å². The molecule has 3 N–H and O–H groups in total. The first kappa shape index (κ1) is 47.7. The third kappa shape index (κ3) is 11.1. The number of nitro groups is 1. The molecule has 2 saturated heterocycles. The lowest BCUT2D eigenvalue weighted by molar-refractivity contribution is -0.384. The van der Waals surface area contributed by atoms with Crippen LogP contribution in [0, 0.1) is 15.5 Å². The zero-order valence-corrected chi connectivity index (χ0v) is 39.4. The number of anilines is 2. The predicted octanol–water partition coefficient (Wildman–Crippen LogP) is 9.74. The summed E-state index contributed by atoms with van der Waals surface area (Å²) in [5.74, 6) is -0.625. The van der Waals surface area contributed by atoms with E-state index in [4.69, 9.17) is 14.2 Å². The minimum atomic E-state index is -4.62. The summed E-state index contributed by atoms with van der Waals surface area (Å²) >= 11 is 1.62. The van der Waals surface area contributed by atoms with E-state index in [2.05, 4.69) is 49.7 Å². The van der Waals surface area contributed by atoms with E-state index in [1.54, 1.807) is 35.7 Å². The number of ether oxygens (including phenoxy) is 3. The molecule has 0 bridgehead atoms. The zero-order chi connectivity index (χ0) is 48.5. The summed E-state index contributed by atoms with van der Waals surface area (Å²) in [5, 5.41) is 17.8. The number of aromatic nitrogens is 2. The fraction of sp³-hybridized carbons (Fsp3) is 0.347. The van der Waals surface area contributed by atoms with Gasteiger partial charge in [0.15, 0.2) is 0 Å². The van der Waals surface area contributed by atoms with Crippen LogP contribution in [0.3, 0.4) is 0 Å². The number of hydrogen-bond acceptors (Lipinski definition) is 13. The van der Waals surface area contributed by atoms with Crippen molar-refractivity contribution in [2.75, 3.05) is 69.3 Å². The monoisotopic (exact) mass is 985 g/mol. The second-order valence-electron chi connectivity index (χ2n) is 18.1. The SMILES string of the molecule is CC1(C)CCC(CN2CCN(c3ccc(C(=O)NS(=O)(=O)c4ccc(NCC5COCCO5)c([N+](=O)[O-])c4)c(Oc4cnc5[nH]ccc5c4)c3)CC2)=C(c2cc(-c3ccc(C(F)(F)F)cc3)cs2)C1. The number of carbonyl (C=O) groups excluding carboxylic acids is 1. The summed E-state index contributed by atoms with van der Waals surface area (Å²) in [6.07, 6.45) is 1.35. The van der Waals surface area contributed by atoms with Crippen LogP contribution in [-0.4, -0.2) is 99.3 Å². The van der Waals surface area contributed by atoms with Crippen molar-refractivity contribution >= 4 is 60.9 Å². The number of carbonyl (C=O) groups is 1. The average Bonchev–Trinajstić information content (AvgIpc) is 4.02. The molecule has 3 aromatic carbocycles. The Morgan fingerprint density at radius 1 is 1.01 bits per heavy atom. The van der Waals surface area contributed by atoms with Gasteiger partial charge in [0.1, 0.15) is 22.8 Å². The molecule has 0 saturated carbocycles. The van der Waals surface area contributed by atoms with Crippen molar-refractivity contribution in [3.63, 3.8) is 0 Å². The van der Waals surface area contributed by atoms with Gasteiger partial charge in [0.05, 0.1) is 53.1 Å². The lowest BCUT2D eigenvalue weighted by Crippen LogP contribution is -2.47. The van der Waals surface area contributed by atoms with E-state index < -0.39 is 43.2 Å². The van der Waals surface area contributed by atoms with Gasteiger partial charge in [-0.2, -0.15) is 13.2 Å². The van der Waals surface area contributed by atoms with Crippen molar-refractivity contribution in [2.45, 2.75) is 50.3 Å². The van der Waals surface area contributed by atoms with Gasteiger partial charge in [0, 0.05) is 73.5 Å². The van der Waals surface area contributed by atoms with Crippen LogP contribution in [0.25, 0.3) is 27.7 Å². The maximum Gasteiger partial charge on any atom is 0.416 e. The lowest BCUT2D eigenvalue weighted by Gasteiger charge is -2.39. The van der Waals surface area contributed by atoms with Crippen molar-refractivity contribution < 1.29 is 45.5 Å². The smallest absolute Gasteiger partial charge is 0.416 e. The molecule has 1 aliphatic carbocycles. The minimum Gasteiger partial charge on any atom is -0.455 e. The number of alkyl halides is 3. The van der Waals surface area contributed by atoms with Gasteiger partial charge in [-0.1, -0.05) is 31.6 Å². The van der Waals surface area contributed by atoms with Crippen LogP contribution in [0.1, 0.15) is 53.9 Å². The van der Waals surface area contributed by atoms with Crippen molar-refractivity contribution in [1.29, 1.82) is 0 Å². The number of rotatable bonds is 14. The first-order valence-electron chi connectivity index (χ1n) is 22.5. The quantitative estimate of drug-likeness (QED) is 0.0696. The Kier molecular flexibility index (Phi) is 13.6. The number of nitrogens with zero attached hydrogens (tertiary/aromatic N) is 4. The molecule has 0 radical (unpaired) electrons. The van der Waals surface area contributed by atoms with Crippen LogP contribution < -0.4 is 19.7 Å². The highest BCUT2D eigenvalue weighted by molar-refractivity contribution is 7.90. The normalized spacial score (nSPS) is 18.0. The van der Waals surface area contributed by atoms with Crippen LogP contribution in [0.15, 0.2) is 107 Å². The molecular weight excluding hydrogens is 936 g/mol. The van der Waals surface area contributed by atoms with Gasteiger partial charge in [-0.25, -0.2) is 18.1 Å². The van der Waals surface area contributed by atoms with E-state index in [0.29, 0.717) is 44.3 Å². The largest absolute Gasteiger partial charge is 0.455 e. The summed E-state index contributed by atoms with van der Waals surface area (Å²) in [6.45, 7) is 9.40. The maximum absolute atomic E-state index is 14.0. The number of amides is 1. The number of hydrogen-bond donors (Lipinski definition) is 3. The Labute approximate surface area is 400 Å². The molecule has 3 aliphatic rings.